The molecule has 7 fully saturated rings. The summed E-state index contributed by atoms with van der Waals surface area (Å²) in [5.41, 5.74) is 11.8. The van der Waals surface area contributed by atoms with Crippen LogP contribution in [0.1, 0.15) is 184 Å². The minimum absolute atomic E-state index is 0. The number of hydrogen-bond donors (Lipinski definition) is 0. The number of nitrogens with zero attached hydrogens (tertiary/aromatic N) is 4. The monoisotopic (exact) mass is 1170 g/mol. The Bertz CT molecular complexity index is 3220. The van der Waals surface area contributed by atoms with Gasteiger partial charge in [-0.2, -0.15) is 25.3 Å². The topological polar surface area (TPSA) is 13.0 Å². The van der Waals surface area contributed by atoms with Crippen LogP contribution >= 0.6 is 36.6 Å². The molecule has 7 heteroatoms. The van der Waals surface area contributed by atoms with Gasteiger partial charge in [0.1, 0.15) is 0 Å². The van der Waals surface area contributed by atoms with Crippen molar-refractivity contribution in [2.24, 2.45) is 29.6 Å². The van der Waals surface area contributed by atoms with Crippen molar-refractivity contribution in [3.05, 3.63) is 162 Å². The van der Waals surface area contributed by atoms with E-state index in [1.807, 2.05) is 11.3 Å². The summed E-state index contributed by atoms with van der Waals surface area (Å²) in [6, 6.07) is 62.7. The molecule has 7 aliphatic rings. The second-order valence-electron chi connectivity index (χ2n) is 27.4. The standard InChI is InChI=1S/C77H94N4S2.H2S/c1-53-25-33-64(34-26-53)79(73-22-10-16-56-13-4-7-19-70(56)73)67-45-39-61(40-46-67)78(62-41-47-68(48-42-62)80(74-23-11-17-57-14-5-8-20-71(57)74)65-35-29-59(30-36-65)76-51-27-54(2)82-76)63-43-49-69(50-44-63)81(75-24-12-18-58-15-6-9-21-72(58)75)66-37-31-60(32-38-66)77-52-28-55(3)83-77;/h5,8,11,14,17,20,23,27,29-32,35-38,41-44,47-51,53,55-56,58,61,64,67,70,72-73,75,77H,4,6-7,9-10,12-13,15-16,18-19,21-22,24-26,28,33-34,39-40,45-46,52H2,1-3H3;1H2. The summed E-state index contributed by atoms with van der Waals surface area (Å²) in [6.07, 6.45) is 33.3. The largest absolute Gasteiger partial charge is 0.338 e. The van der Waals surface area contributed by atoms with E-state index < -0.39 is 0 Å². The number of fused-ring (bicyclic) bond motifs is 3. The molecule has 1 aliphatic heterocycles. The van der Waals surface area contributed by atoms with E-state index in [1.165, 1.54) is 226 Å². The van der Waals surface area contributed by atoms with E-state index in [1.54, 1.807) is 0 Å². The Hall–Kier alpha value is -4.66. The van der Waals surface area contributed by atoms with E-state index in [4.69, 9.17) is 0 Å². The van der Waals surface area contributed by atoms with Crippen LogP contribution in [0, 0.1) is 36.5 Å². The molecular formula is C77H96N4S3. The summed E-state index contributed by atoms with van der Waals surface area (Å²) in [6.45, 7) is 7.14. The third kappa shape index (κ3) is 12.2. The van der Waals surface area contributed by atoms with Crippen molar-refractivity contribution in [3.8, 4) is 10.4 Å². The molecular weight excluding hydrogens is 1080 g/mol. The van der Waals surface area contributed by atoms with Crippen molar-refractivity contribution < 1.29 is 0 Å². The highest BCUT2D eigenvalue weighted by Gasteiger charge is 2.45. The van der Waals surface area contributed by atoms with E-state index in [9.17, 15) is 0 Å². The molecule has 0 spiro atoms. The fraction of sp³-hybridized carbons (Fsp3) is 0.506. The smallest absolute Gasteiger partial charge is 0.0540 e. The van der Waals surface area contributed by atoms with Crippen LogP contribution in [0.3, 0.4) is 0 Å². The van der Waals surface area contributed by atoms with E-state index in [0.29, 0.717) is 23.4 Å². The van der Waals surface area contributed by atoms with Gasteiger partial charge in [-0.25, -0.2) is 0 Å². The lowest BCUT2D eigenvalue weighted by molar-refractivity contribution is -0.0360. The van der Waals surface area contributed by atoms with E-state index >= 15 is 0 Å². The van der Waals surface area contributed by atoms with Gasteiger partial charge in [-0.3, -0.25) is 4.90 Å². The molecule has 14 rings (SSSR count). The van der Waals surface area contributed by atoms with Crippen LogP contribution in [0.4, 0.5) is 39.8 Å². The Morgan fingerprint density at radius 2 is 0.917 bits per heavy atom. The number of aryl methyl sites for hydroxylation is 1. The molecule has 8 atom stereocenters. The number of thiophene rings is 1. The van der Waals surface area contributed by atoms with E-state index in [2.05, 4.69) is 204 Å². The molecule has 1 aromatic heterocycles. The van der Waals surface area contributed by atoms with Gasteiger partial charge >= 0.3 is 0 Å². The van der Waals surface area contributed by atoms with Crippen molar-refractivity contribution in [2.75, 3.05) is 14.7 Å². The molecule has 2 heterocycles. The molecule has 4 nitrogen and oxygen atoms in total. The Kier molecular flexibility index (Phi) is 18.3. The second kappa shape index (κ2) is 26.4. The Balaban J connectivity index is 0.00000658. The molecule has 0 amide bonds. The van der Waals surface area contributed by atoms with Gasteiger partial charge in [0.2, 0.25) is 0 Å². The fourth-order valence-corrected chi connectivity index (χ4v) is 20.5. The molecule has 6 aliphatic carbocycles. The summed E-state index contributed by atoms with van der Waals surface area (Å²) in [5, 5.41) is 3.91. The first-order chi connectivity index (χ1) is 40.9. The Morgan fingerprint density at radius 3 is 1.52 bits per heavy atom. The molecule has 1 saturated heterocycles. The van der Waals surface area contributed by atoms with Crippen LogP contribution in [-0.4, -0.2) is 40.4 Å². The first kappa shape index (κ1) is 58.4. The maximum absolute atomic E-state index is 3.28. The molecule has 0 bridgehead atoms. The molecule has 84 heavy (non-hydrogen) atoms. The minimum atomic E-state index is 0. The molecule has 0 N–H and O–H groups in total. The molecule has 442 valence electrons. The Labute approximate surface area is 521 Å². The van der Waals surface area contributed by atoms with Crippen LogP contribution in [-0.2, 0) is 0 Å². The molecule has 7 aromatic rings. The SMILES string of the molecule is Cc1ccc(-c2ccc(N(c3ccc(N(c4ccc(N(c5ccc(C6CCC(C)S6)cc5)C5CCCC6CCCCC65)cc4)C4CCC(N(C5CCC(C)CC5)C5CCCC6CCCCC65)CC4)cc3)c3cccc4ccccc34)cc2)s1.S. The first-order valence-corrected chi connectivity index (χ1v) is 35.4. The van der Waals surface area contributed by atoms with Gasteiger partial charge in [0.25, 0.3) is 0 Å². The zero-order valence-corrected chi connectivity index (χ0v) is 53.6. The lowest BCUT2D eigenvalue weighted by Gasteiger charge is -2.54. The summed E-state index contributed by atoms with van der Waals surface area (Å²) < 4.78 is 0. The van der Waals surface area contributed by atoms with Gasteiger partial charge in [-0.05, 0) is 234 Å². The Morgan fingerprint density at radius 1 is 0.405 bits per heavy atom. The van der Waals surface area contributed by atoms with Crippen molar-refractivity contribution >= 4 is 87.2 Å². The van der Waals surface area contributed by atoms with Gasteiger partial charge in [0.15, 0.2) is 0 Å². The van der Waals surface area contributed by atoms with E-state index in [-0.39, 0.29) is 13.5 Å². The average molecular weight is 1170 g/mol. The lowest BCUT2D eigenvalue weighted by atomic mass is 9.66. The number of thioether (sulfide) groups is 1. The number of hydrogen-bond acceptors (Lipinski definition) is 6. The minimum Gasteiger partial charge on any atom is -0.338 e. The van der Waals surface area contributed by atoms with Gasteiger partial charge in [0.05, 0.1) is 5.69 Å². The number of benzene rings is 6. The van der Waals surface area contributed by atoms with Crippen LogP contribution in [0.25, 0.3) is 21.2 Å². The maximum Gasteiger partial charge on any atom is 0.0540 e. The predicted molar refractivity (Wildman–Crippen MR) is 369 cm³/mol. The molecule has 8 unspecified atom stereocenters. The number of rotatable bonds is 14. The summed E-state index contributed by atoms with van der Waals surface area (Å²) in [4.78, 5) is 14.1. The quantitative estimate of drug-likeness (QED) is 0.107. The normalized spacial score (nSPS) is 28.9. The summed E-state index contributed by atoms with van der Waals surface area (Å²) in [7, 11) is 0. The maximum atomic E-state index is 3.28. The third-order valence-corrected chi connectivity index (χ3v) is 25.0. The van der Waals surface area contributed by atoms with Crippen LogP contribution in [0.2, 0.25) is 0 Å². The van der Waals surface area contributed by atoms with Crippen LogP contribution in [0.15, 0.2) is 152 Å². The van der Waals surface area contributed by atoms with Crippen molar-refractivity contribution in [1.82, 2.24) is 4.90 Å². The van der Waals surface area contributed by atoms with Crippen molar-refractivity contribution in [3.63, 3.8) is 0 Å². The highest BCUT2D eigenvalue weighted by molar-refractivity contribution is 8.00. The third-order valence-electron chi connectivity index (χ3n) is 22.4. The fourth-order valence-electron chi connectivity index (χ4n) is 18.2. The lowest BCUT2D eigenvalue weighted by Crippen LogP contribution is -2.57. The van der Waals surface area contributed by atoms with Crippen LogP contribution in [0.5, 0.6) is 0 Å². The van der Waals surface area contributed by atoms with Crippen LogP contribution < -0.4 is 14.7 Å². The molecule has 6 saturated carbocycles. The second-order valence-corrected chi connectivity index (χ2v) is 30.3. The van der Waals surface area contributed by atoms with Gasteiger partial charge < -0.3 is 14.7 Å². The highest BCUT2D eigenvalue weighted by Crippen LogP contribution is 2.51. The van der Waals surface area contributed by atoms with Gasteiger partial charge in [-0.15, -0.1) is 11.3 Å². The highest BCUT2D eigenvalue weighted by atomic mass is 32.2. The van der Waals surface area contributed by atoms with Gasteiger partial charge in [-0.1, -0.05) is 139 Å². The van der Waals surface area contributed by atoms with Gasteiger partial charge in [0, 0.05) is 90.0 Å². The van der Waals surface area contributed by atoms with Crippen molar-refractivity contribution in [1.29, 1.82) is 0 Å². The zero-order valence-electron chi connectivity index (χ0n) is 50.9. The average Bonchev–Trinajstić information content (AvgIpc) is 3.45. The van der Waals surface area contributed by atoms with E-state index in [0.717, 1.165) is 46.9 Å². The summed E-state index contributed by atoms with van der Waals surface area (Å²) >= 11 is 4.06. The zero-order chi connectivity index (χ0) is 55.8. The molecule has 6 aromatic carbocycles. The number of anilines is 7. The van der Waals surface area contributed by atoms with Crippen molar-refractivity contribution in [2.45, 2.75) is 216 Å². The summed E-state index contributed by atoms with van der Waals surface area (Å²) in [5.74, 6) is 4.40. The molecule has 0 radical (unpaired) electrons. The first-order valence-electron chi connectivity index (χ1n) is 33.6. The predicted octanol–water partition coefficient (Wildman–Crippen LogP) is 22.6.